The average molecular weight is 510 g/mol. The number of benzene rings is 1. The first kappa shape index (κ1) is 27.3. The van der Waals surface area contributed by atoms with Gasteiger partial charge >= 0.3 is 0 Å². The van der Waals surface area contributed by atoms with Crippen molar-refractivity contribution in [3.8, 4) is 11.8 Å². The van der Waals surface area contributed by atoms with E-state index < -0.39 is 28.6 Å². The summed E-state index contributed by atoms with van der Waals surface area (Å²) in [5, 5.41) is 22.0. The Morgan fingerprint density at radius 3 is 2.76 bits per heavy atom. The number of nitrogens with zero attached hydrogens (tertiary/aromatic N) is 4. The highest BCUT2D eigenvalue weighted by atomic mass is 19.1. The van der Waals surface area contributed by atoms with Gasteiger partial charge in [0.2, 0.25) is 5.91 Å². The monoisotopic (exact) mass is 509 g/mol. The number of rotatable bonds is 10. The lowest BCUT2D eigenvalue weighted by Gasteiger charge is -2.15. The summed E-state index contributed by atoms with van der Waals surface area (Å²) in [5.41, 5.74) is 1.42. The van der Waals surface area contributed by atoms with E-state index in [0.29, 0.717) is 23.1 Å². The Morgan fingerprint density at radius 2 is 2.05 bits per heavy atom. The SMILES string of the molecule is COCCNC(=O)c1c(O)c2ncc(Cc3ccc(F)cc3CCC(=O)N(C)CC#N)cc2n(C)c1=O. The number of amides is 2. The number of nitriles is 1. The number of ether oxygens (including phenoxy) is 1. The lowest BCUT2D eigenvalue weighted by atomic mass is 9.97. The fourth-order valence-electron chi connectivity index (χ4n) is 3.93. The van der Waals surface area contributed by atoms with Gasteiger partial charge in [-0.05, 0) is 47.7 Å². The van der Waals surface area contributed by atoms with E-state index >= 15 is 0 Å². The van der Waals surface area contributed by atoms with Crippen LogP contribution in [0.4, 0.5) is 4.39 Å². The predicted molar refractivity (Wildman–Crippen MR) is 134 cm³/mol. The maximum absolute atomic E-state index is 14.0. The van der Waals surface area contributed by atoms with Crippen LogP contribution >= 0.6 is 0 Å². The summed E-state index contributed by atoms with van der Waals surface area (Å²) >= 11 is 0. The fourth-order valence-corrected chi connectivity index (χ4v) is 3.93. The Labute approximate surface area is 212 Å². The van der Waals surface area contributed by atoms with E-state index in [4.69, 9.17) is 10.00 Å². The molecule has 2 amide bonds. The van der Waals surface area contributed by atoms with Crippen molar-refractivity contribution in [2.75, 3.05) is 33.9 Å². The quantitative estimate of drug-likeness (QED) is 0.313. The van der Waals surface area contributed by atoms with E-state index in [1.165, 1.54) is 49.0 Å². The first-order valence-electron chi connectivity index (χ1n) is 11.5. The Morgan fingerprint density at radius 1 is 1.30 bits per heavy atom. The molecule has 1 aromatic carbocycles. The molecule has 0 radical (unpaired) electrons. The molecule has 11 heteroatoms. The number of methoxy groups -OCH3 is 1. The van der Waals surface area contributed by atoms with Crippen molar-refractivity contribution in [2.45, 2.75) is 19.3 Å². The van der Waals surface area contributed by atoms with Crippen molar-refractivity contribution in [3.63, 3.8) is 0 Å². The van der Waals surface area contributed by atoms with E-state index in [2.05, 4.69) is 10.3 Å². The molecule has 0 saturated carbocycles. The van der Waals surface area contributed by atoms with Gasteiger partial charge in [0.25, 0.3) is 11.5 Å². The number of carbonyl (C=O) groups excluding carboxylic acids is 2. The number of fused-ring (bicyclic) bond motifs is 1. The van der Waals surface area contributed by atoms with Crippen molar-refractivity contribution >= 4 is 22.8 Å². The van der Waals surface area contributed by atoms with Gasteiger partial charge in [0.1, 0.15) is 23.4 Å². The largest absolute Gasteiger partial charge is 0.505 e. The number of hydrogen-bond donors (Lipinski definition) is 2. The van der Waals surface area contributed by atoms with Crippen LogP contribution in [-0.2, 0) is 29.4 Å². The van der Waals surface area contributed by atoms with E-state index in [1.807, 2.05) is 6.07 Å². The first-order valence-corrected chi connectivity index (χ1v) is 11.5. The second-order valence-corrected chi connectivity index (χ2v) is 8.55. The highest BCUT2D eigenvalue weighted by molar-refractivity contribution is 6.01. The molecule has 194 valence electrons. The average Bonchev–Trinajstić information content (AvgIpc) is 2.87. The predicted octanol–water partition coefficient (Wildman–Crippen LogP) is 1.66. The zero-order chi connectivity index (χ0) is 27.1. The Hall–Kier alpha value is -4.30. The van der Waals surface area contributed by atoms with Crippen LogP contribution in [0.3, 0.4) is 0 Å². The van der Waals surface area contributed by atoms with Crippen molar-refractivity contribution in [1.29, 1.82) is 5.26 Å². The van der Waals surface area contributed by atoms with Gasteiger partial charge in [0.05, 0.1) is 18.2 Å². The van der Waals surface area contributed by atoms with Crippen LogP contribution < -0.4 is 10.9 Å². The van der Waals surface area contributed by atoms with Gasteiger partial charge in [-0.1, -0.05) is 6.07 Å². The number of aryl methyl sites for hydroxylation is 2. The summed E-state index contributed by atoms with van der Waals surface area (Å²) in [5.74, 6) is -1.90. The zero-order valence-electron chi connectivity index (χ0n) is 20.9. The molecule has 2 aromatic heterocycles. The number of halogens is 1. The Balaban J connectivity index is 1.91. The Bertz CT molecular complexity index is 1430. The van der Waals surface area contributed by atoms with Gasteiger partial charge in [-0.3, -0.25) is 19.4 Å². The number of nitrogens with one attached hydrogen (secondary N) is 1. The second-order valence-electron chi connectivity index (χ2n) is 8.55. The van der Waals surface area contributed by atoms with E-state index in [1.54, 1.807) is 12.1 Å². The smallest absolute Gasteiger partial charge is 0.267 e. The number of aromatic nitrogens is 2. The summed E-state index contributed by atoms with van der Waals surface area (Å²) in [6.07, 6.45) is 2.23. The lowest BCUT2D eigenvalue weighted by molar-refractivity contribution is -0.129. The molecule has 0 bridgehead atoms. The molecule has 0 unspecified atom stereocenters. The third kappa shape index (κ3) is 6.29. The second kappa shape index (κ2) is 12.1. The maximum atomic E-state index is 14.0. The summed E-state index contributed by atoms with van der Waals surface area (Å²) in [7, 11) is 4.49. The van der Waals surface area contributed by atoms with Gasteiger partial charge in [0, 0.05) is 40.4 Å². The number of carbonyl (C=O) groups is 2. The van der Waals surface area contributed by atoms with E-state index in [0.717, 1.165) is 5.56 Å². The molecule has 37 heavy (non-hydrogen) atoms. The van der Waals surface area contributed by atoms with Crippen LogP contribution in [0.25, 0.3) is 11.0 Å². The molecule has 0 aliphatic carbocycles. The highest BCUT2D eigenvalue weighted by Crippen LogP contribution is 2.26. The summed E-state index contributed by atoms with van der Waals surface area (Å²) < 4.78 is 20.1. The molecule has 3 aromatic rings. The lowest BCUT2D eigenvalue weighted by Crippen LogP contribution is -2.34. The van der Waals surface area contributed by atoms with Crippen LogP contribution in [0.2, 0.25) is 0 Å². The van der Waals surface area contributed by atoms with Crippen LogP contribution in [0, 0.1) is 17.1 Å². The molecule has 0 aliphatic rings. The van der Waals surface area contributed by atoms with E-state index in [-0.39, 0.29) is 44.0 Å². The van der Waals surface area contributed by atoms with Crippen molar-refractivity contribution in [1.82, 2.24) is 19.8 Å². The number of pyridine rings is 2. The minimum absolute atomic E-state index is 0.0281. The van der Waals surface area contributed by atoms with Gasteiger partial charge in [-0.2, -0.15) is 5.26 Å². The van der Waals surface area contributed by atoms with Gasteiger partial charge in [-0.25, -0.2) is 4.39 Å². The fraction of sp³-hybridized carbons (Fsp3) is 0.346. The van der Waals surface area contributed by atoms with Crippen LogP contribution in [0.15, 0.2) is 35.3 Å². The van der Waals surface area contributed by atoms with Gasteiger partial charge in [-0.15, -0.1) is 0 Å². The summed E-state index contributed by atoms with van der Waals surface area (Å²) in [6.45, 7) is 0.389. The van der Waals surface area contributed by atoms with Crippen molar-refractivity contribution < 1.29 is 23.8 Å². The van der Waals surface area contributed by atoms with Crippen LogP contribution in [-0.4, -0.2) is 65.2 Å². The molecular weight excluding hydrogens is 481 g/mol. The van der Waals surface area contributed by atoms with Crippen molar-refractivity contribution in [2.24, 2.45) is 7.05 Å². The molecular formula is C26H28FN5O5. The third-order valence-corrected chi connectivity index (χ3v) is 5.99. The molecule has 0 atom stereocenters. The molecule has 2 heterocycles. The minimum atomic E-state index is -0.728. The van der Waals surface area contributed by atoms with Crippen molar-refractivity contribution in [3.05, 3.63) is 68.9 Å². The minimum Gasteiger partial charge on any atom is -0.505 e. The number of hydrogen-bond acceptors (Lipinski definition) is 7. The molecule has 2 N–H and O–H groups in total. The molecule has 3 rings (SSSR count). The highest BCUT2D eigenvalue weighted by Gasteiger charge is 2.22. The normalized spacial score (nSPS) is 10.8. The third-order valence-electron chi connectivity index (χ3n) is 5.99. The summed E-state index contributed by atoms with van der Waals surface area (Å²) in [6, 6.07) is 7.92. The molecule has 0 fully saturated rings. The Kier molecular flexibility index (Phi) is 8.92. The molecule has 10 nitrogen and oxygen atoms in total. The zero-order valence-corrected chi connectivity index (χ0v) is 20.9. The molecule has 0 saturated heterocycles. The molecule has 0 spiro atoms. The topological polar surface area (TPSA) is 138 Å². The standard InChI is InChI=1S/C26H28FN5O5/c1-31(10-8-28)21(33)7-5-18-14-19(27)6-4-17(18)12-16-13-20-23(30-15-16)24(34)22(26(36)32(20)2)25(35)29-9-11-37-3/h4,6,13-15,34H,5,7,9-12H2,1-3H3,(H,29,35). The maximum Gasteiger partial charge on any atom is 0.267 e. The number of aromatic hydroxyl groups is 1. The van der Waals surface area contributed by atoms with E-state index in [9.17, 15) is 23.9 Å². The first-order chi connectivity index (χ1) is 17.7. The van der Waals surface area contributed by atoms with Crippen LogP contribution in [0.5, 0.6) is 5.75 Å². The van der Waals surface area contributed by atoms with Crippen LogP contribution in [0.1, 0.15) is 33.5 Å². The van der Waals surface area contributed by atoms with Gasteiger partial charge in [0.15, 0.2) is 5.75 Å². The van der Waals surface area contributed by atoms with Gasteiger partial charge < -0.3 is 24.6 Å². The molecule has 0 aliphatic heterocycles. The summed E-state index contributed by atoms with van der Waals surface area (Å²) in [4.78, 5) is 43.2.